The summed E-state index contributed by atoms with van der Waals surface area (Å²) in [4.78, 5) is 50.5. The Morgan fingerprint density at radius 3 is 1.35 bits per heavy atom. The molecule has 0 aliphatic rings. The quantitative estimate of drug-likeness (QED) is 0.328. The molecular weight excluding hydrogens is 340 g/mol. The Labute approximate surface area is 147 Å². The highest BCUT2D eigenvalue weighted by Gasteiger charge is 2.11. The van der Waals surface area contributed by atoms with Crippen molar-refractivity contribution in [3.05, 3.63) is 48.5 Å². The SMILES string of the molecule is O=C=Nc1ccc(OC(=O)CCC(=O)Oc2ccc(N=C=O)cc2)cc1. The second-order valence-electron chi connectivity index (χ2n) is 4.84. The summed E-state index contributed by atoms with van der Waals surface area (Å²) in [5, 5.41) is 0. The van der Waals surface area contributed by atoms with Gasteiger partial charge in [0.15, 0.2) is 0 Å². The Kier molecular flexibility index (Phi) is 6.71. The monoisotopic (exact) mass is 352 g/mol. The summed E-state index contributed by atoms with van der Waals surface area (Å²) < 4.78 is 10.1. The van der Waals surface area contributed by atoms with E-state index in [-0.39, 0.29) is 24.3 Å². The molecule has 2 rings (SSSR count). The molecule has 8 heteroatoms. The maximum absolute atomic E-state index is 11.7. The van der Waals surface area contributed by atoms with Crippen LogP contribution in [-0.2, 0) is 19.2 Å². The van der Waals surface area contributed by atoms with Crippen molar-refractivity contribution in [3.8, 4) is 11.5 Å². The van der Waals surface area contributed by atoms with E-state index < -0.39 is 11.9 Å². The van der Waals surface area contributed by atoms with Crippen molar-refractivity contribution in [2.45, 2.75) is 12.8 Å². The Hall–Kier alpha value is -3.86. The first-order valence-corrected chi connectivity index (χ1v) is 7.38. The maximum Gasteiger partial charge on any atom is 0.311 e. The number of carbonyl (C=O) groups excluding carboxylic acids is 4. The van der Waals surface area contributed by atoms with Gasteiger partial charge >= 0.3 is 11.9 Å². The first-order chi connectivity index (χ1) is 12.6. The minimum atomic E-state index is -0.607. The molecule has 0 amide bonds. The van der Waals surface area contributed by atoms with Crippen LogP contribution in [0, 0.1) is 0 Å². The number of benzene rings is 2. The summed E-state index contributed by atoms with van der Waals surface area (Å²) in [7, 11) is 0. The Morgan fingerprint density at radius 1 is 0.692 bits per heavy atom. The van der Waals surface area contributed by atoms with E-state index in [9.17, 15) is 19.2 Å². The summed E-state index contributed by atoms with van der Waals surface area (Å²) in [6.07, 6.45) is 2.47. The van der Waals surface area contributed by atoms with Crippen LogP contribution in [0.25, 0.3) is 0 Å². The second kappa shape index (κ2) is 9.44. The van der Waals surface area contributed by atoms with Gasteiger partial charge in [0.1, 0.15) is 11.5 Å². The van der Waals surface area contributed by atoms with Crippen LogP contribution < -0.4 is 9.47 Å². The van der Waals surface area contributed by atoms with Crippen LogP contribution in [0.3, 0.4) is 0 Å². The number of ether oxygens (including phenoxy) is 2. The lowest BCUT2D eigenvalue weighted by Gasteiger charge is -2.05. The van der Waals surface area contributed by atoms with E-state index in [0.29, 0.717) is 11.4 Å². The molecule has 2 aromatic carbocycles. The molecule has 0 aliphatic carbocycles. The van der Waals surface area contributed by atoms with E-state index in [0.717, 1.165) is 0 Å². The van der Waals surface area contributed by atoms with E-state index in [1.165, 1.54) is 60.7 Å². The van der Waals surface area contributed by atoms with Gasteiger partial charge in [0.25, 0.3) is 0 Å². The zero-order valence-corrected chi connectivity index (χ0v) is 13.4. The number of rotatable bonds is 7. The third kappa shape index (κ3) is 5.98. The van der Waals surface area contributed by atoms with E-state index >= 15 is 0 Å². The molecular formula is C18H12N2O6. The number of esters is 2. The molecule has 2 aromatic rings. The lowest BCUT2D eigenvalue weighted by Crippen LogP contribution is -2.14. The third-order valence-electron chi connectivity index (χ3n) is 3.02. The predicted octanol–water partition coefficient (Wildman–Crippen LogP) is 2.91. The third-order valence-corrected chi connectivity index (χ3v) is 3.02. The van der Waals surface area contributed by atoms with Crippen molar-refractivity contribution in [2.75, 3.05) is 0 Å². The Balaban J connectivity index is 1.79. The van der Waals surface area contributed by atoms with Gasteiger partial charge in [0.05, 0.1) is 24.2 Å². The summed E-state index contributed by atoms with van der Waals surface area (Å²) in [5.41, 5.74) is 0.765. The van der Waals surface area contributed by atoms with Crippen molar-refractivity contribution in [2.24, 2.45) is 9.98 Å². The molecule has 0 bridgehead atoms. The normalized spacial score (nSPS) is 9.38. The summed E-state index contributed by atoms with van der Waals surface area (Å²) in [6, 6.07) is 11.8. The number of nitrogens with zero attached hydrogens (tertiary/aromatic N) is 2. The van der Waals surface area contributed by atoms with Gasteiger partial charge in [-0.1, -0.05) is 0 Å². The highest BCUT2D eigenvalue weighted by Crippen LogP contribution is 2.19. The van der Waals surface area contributed by atoms with E-state index in [2.05, 4.69) is 9.98 Å². The van der Waals surface area contributed by atoms with Gasteiger partial charge in [-0.2, -0.15) is 9.98 Å². The predicted molar refractivity (Wildman–Crippen MR) is 89.0 cm³/mol. The smallest absolute Gasteiger partial charge is 0.311 e. The molecule has 0 aromatic heterocycles. The van der Waals surface area contributed by atoms with Gasteiger partial charge in [-0.3, -0.25) is 9.59 Å². The second-order valence-corrected chi connectivity index (χ2v) is 4.84. The van der Waals surface area contributed by atoms with Crippen LogP contribution >= 0.6 is 0 Å². The fourth-order valence-corrected chi connectivity index (χ4v) is 1.85. The van der Waals surface area contributed by atoms with Gasteiger partial charge in [-0.25, -0.2) is 9.59 Å². The number of isocyanates is 2. The van der Waals surface area contributed by atoms with Gasteiger partial charge in [0.2, 0.25) is 12.2 Å². The minimum Gasteiger partial charge on any atom is -0.427 e. The lowest BCUT2D eigenvalue weighted by atomic mass is 10.3. The van der Waals surface area contributed by atoms with Gasteiger partial charge in [-0.05, 0) is 48.5 Å². The molecule has 0 spiro atoms. The molecule has 0 atom stereocenters. The summed E-state index contributed by atoms with van der Waals surface area (Å²) >= 11 is 0. The first kappa shape index (κ1) is 18.5. The van der Waals surface area contributed by atoms with Crippen LogP contribution in [0.4, 0.5) is 11.4 Å². The number of aliphatic imine (C=N–C) groups is 2. The molecule has 0 saturated heterocycles. The van der Waals surface area contributed by atoms with Crippen LogP contribution in [0.5, 0.6) is 11.5 Å². The van der Waals surface area contributed by atoms with Gasteiger partial charge in [0, 0.05) is 0 Å². The molecule has 0 fully saturated rings. The average molecular weight is 352 g/mol. The first-order valence-electron chi connectivity index (χ1n) is 7.38. The van der Waals surface area contributed by atoms with Crippen LogP contribution in [0.2, 0.25) is 0 Å². The van der Waals surface area contributed by atoms with E-state index in [4.69, 9.17) is 9.47 Å². The highest BCUT2D eigenvalue weighted by molar-refractivity contribution is 5.80. The molecule has 0 N–H and O–H groups in total. The summed E-state index contributed by atoms with van der Waals surface area (Å²) in [5.74, 6) is -0.687. The van der Waals surface area contributed by atoms with Crippen molar-refractivity contribution >= 4 is 35.5 Å². The van der Waals surface area contributed by atoms with Gasteiger partial charge in [-0.15, -0.1) is 0 Å². The number of carbonyl (C=O) groups is 2. The van der Waals surface area contributed by atoms with Crippen LogP contribution in [0.1, 0.15) is 12.8 Å². The minimum absolute atomic E-state index is 0.166. The topological polar surface area (TPSA) is 111 Å². The molecule has 0 saturated carbocycles. The van der Waals surface area contributed by atoms with Crippen molar-refractivity contribution in [1.29, 1.82) is 0 Å². The largest absolute Gasteiger partial charge is 0.427 e. The fourth-order valence-electron chi connectivity index (χ4n) is 1.85. The standard InChI is InChI=1S/C18H12N2O6/c21-11-19-13-1-5-15(6-2-13)25-17(23)9-10-18(24)26-16-7-3-14(4-8-16)20-12-22/h1-8H,9-10H2. The molecule has 0 aliphatic heterocycles. The zero-order chi connectivity index (χ0) is 18.8. The molecule has 130 valence electrons. The number of hydrogen-bond donors (Lipinski definition) is 0. The van der Waals surface area contributed by atoms with E-state index in [1.54, 1.807) is 0 Å². The maximum atomic E-state index is 11.7. The van der Waals surface area contributed by atoms with Crippen molar-refractivity contribution in [1.82, 2.24) is 0 Å². The molecule has 0 radical (unpaired) electrons. The Bertz CT molecular complexity index is 801. The van der Waals surface area contributed by atoms with Crippen molar-refractivity contribution < 1.29 is 28.7 Å². The number of hydrogen-bond acceptors (Lipinski definition) is 8. The lowest BCUT2D eigenvalue weighted by molar-refractivity contribution is -0.140. The zero-order valence-electron chi connectivity index (χ0n) is 13.4. The Morgan fingerprint density at radius 2 is 1.04 bits per heavy atom. The summed E-state index contributed by atoms with van der Waals surface area (Å²) in [6.45, 7) is 0. The van der Waals surface area contributed by atoms with Crippen LogP contribution in [-0.4, -0.2) is 24.1 Å². The fraction of sp³-hybridized carbons (Fsp3) is 0.111. The van der Waals surface area contributed by atoms with E-state index in [1.807, 2.05) is 0 Å². The van der Waals surface area contributed by atoms with Crippen LogP contribution in [0.15, 0.2) is 58.5 Å². The molecule has 26 heavy (non-hydrogen) atoms. The average Bonchev–Trinajstić information content (AvgIpc) is 2.64. The van der Waals surface area contributed by atoms with Crippen molar-refractivity contribution in [3.63, 3.8) is 0 Å². The molecule has 8 nitrogen and oxygen atoms in total. The molecule has 0 unspecified atom stereocenters. The molecule has 0 heterocycles. The van der Waals surface area contributed by atoms with Gasteiger partial charge < -0.3 is 9.47 Å². The highest BCUT2D eigenvalue weighted by atomic mass is 16.5.